The van der Waals surface area contributed by atoms with Crippen LogP contribution in [0, 0.1) is 6.92 Å². The van der Waals surface area contributed by atoms with Gasteiger partial charge in [-0.2, -0.15) is 0 Å². The minimum absolute atomic E-state index is 0.104. The maximum Gasteiger partial charge on any atom is 0.246 e. The monoisotopic (exact) mass is 288 g/mol. The fraction of sp³-hybridized carbons (Fsp3) is 0.400. The number of rotatable bonds is 7. The summed E-state index contributed by atoms with van der Waals surface area (Å²) in [6.07, 6.45) is 6.23. The first kappa shape index (κ1) is 15.2. The van der Waals surface area contributed by atoms with Crippen LogP contribution in [-0.4, -0.2) is 33.7 Å². The van der Waals surface area contributed by atoms with Crippen molar-refractivity contribution in [2.24, 2.45) is 0 Å². The third-order valence-corrected chi connectivity index (χ3v) is 2.95. The van der Waals surface area contributed by atoms with Crippen molar-refractivity contribution in [1.29, 1.82) is 0 Å². The number of hydrogen-bond donors (Lipinski definition) is 1. The molecule has 0 radical (unpaired) electrons. The van der Waals surface area contributed by atoms with Crippen molar-refractivity contribution in [3.8, 4) is 5.82 Å². The Morgan fingerprint density at radius 1 is 1.38 bits per heavy atom. The molecule has 0 spiro atoms. The molecule has 1 amide bonds. The van der Waals surface area contributed by atoms with E-state index in [1.54, 1.807) is 12.4 Å². The number of aromatic nitrogens is 3. The van der Waals surface area contributed by atoms with E-state index in [0.29, 0.717) is 13.2 Å². The highest BCUT2D eigenvalue weighted by atomic mass is 16.5. The van der Waals surface area contributed by atoms with Crippen LogP contribution in [0.15, 0.2) is 30.7 Å². The topological polar surface area (TPSA) is 69.0 Å². The van der Waals surface area contributed by atoms with Crippen LogP contribution < -0.4 is 5.32 Å². The summed E-state index contributed by atoms with van der Waals surface area (Å²) in [6, 6.07) is 3.81. The average molecular weight is 288 g/mol. The lowest BCUT2D eigenvalue weighted by Crippen LogP contribution is -2.27. The fourth-order valence-electron chi connectivity index (χ4n) is 1.88. The predicted octanol–water partition coefficient (Wildman–Crippen LogP) is 1.62. The number of pyridine rings is 1. The summed E-state index contributed by atoms with van der Waals surface area (Å²) in [7, 11) is 0. The quantitative estimate of drug-likeness (QED) is 0.786. The van der Waals surface area contributed by atoms with Gasteiger partial charge in [-0.25, -0.2) is 9.97 Å². The van der Waals surface area contributed by atoms with Crippen molar-refractivity contribution in [2.45, 2.75) is 26.8 Å². The molecule has 2 aromatic heterocycles. The highest BCUT2D eigenvalue weighted by molar-refractivity contribution is 5.77. The van der Waals surface area contributed by atoms with Crippen molar-refractivity contribution in [1.82, 2.24) is 19.9 Å². The molecule has 6 nitrogen and oxygen atoms in total. The van der Waals surface area contributed by atoms with Gasteiger partial charge in [0, 0.05) is 31.7 Å². The number of nitrogens with one attached hydrogen (secondary N) is 1. The number of amides is 1. The van der Waals surface area contributed by atoms with Gasteiger partial charge in [0.25, 0.3) is 0 Å². The standard InChI is InChI=1S/C15H20N4O2/c1-3-8-21-11-15(20)18-10-13-4-5-17-14(9-13)19-7-6-16-12(19)2/h4-7,9H,3,8,10-11H2,1-2H3,(H,18,20). The number of hydrogen-bond acceptors (Lipinski definition) is 4. The molecule has 0 saturated carbocycles. The molecule has 0 bridgehead atoms. The predicted molar refractivity (Wildman–Crippen MR) is 79.1 cm³/mol. The van der Waals surface area contributed by atoms with Crippen LogP contribution in [0.4, 0.5) is 0 Å². The second-order valence-corrected chi connectivity index (χ2v) is 4.70. The Balaban J connectivity index is 1.93. The highest BCUT2D eigenvalue weighted by Crippen LogP contribution is 2.09. The summed E-state index contributed by atoms with van der Waals surface area (Å²) in [5.74, 6) is 1.55. The number of aryl methyl sites for hydroxylation is 1. The van der Waals surface area contributed by atoms with Gasteiger partial charge >= 0.3 is 0 Å². The molecule has 0 unspecified atom stereocenters. The lowest BCUT2D eigenvalue weighted by atomic mass is 10.2. The van der Waals surface area contributed by atoms with Gasteiger partial charge in [0.15, 0.2) is 0 Å². The Bertz CT molecular complexity index is 595. The van der Waals surface area contributed by atoms with Crippen LogP contribution >= 0.6 is 0 Å². The normalized spacial score (nSPS) is 10.6. The SMILES string of the molecule is CCCOCC(=O)NCc1ccnc(-n2ccnc2C)c1. The van der Waals surface area contributed by atoms with Gasteiger partial charge in [-0.05, 0) is 31.0 Å². The fourth-order valence-corrected chi connectivity index (χ4v) is 1.88. The smallest absolute Gasteiger partial charge is 0.246 e. The molecule has 0 saturated heterocycles. The first-order chi connectivity index (χ1) is 10.2. The summed E-state index contributed by atoms with van der Waals surface area (Å²) in [6.45, 7) is 5.09. The van der Waals surface area contributed by atoms with Crippen molar-refractivity contribution < 1.29 is 9.53 Å². The van der Waals surface area contributed by atoms with Gasteiger partial charge in [0.1, 0.15) is 18.2 Å². The minimum atomic E-state index is -0.111. The van der Waals surface area contributed by atoms with E-state index >= 15 is 0 Å². The number of carbonyl (C=O) groups excluding carboxylic acids is 1. The minimum Gasteiger partial charge on any atom is -0.372 e. The maximum atomic E-state index is 11.6. The number of nitrogens with zero attached hydrogens (tertiary/aromatic N) is 3. The zero-order valence-electron chi connectivity index (χ0n) is 12.4. The van der Waals surface area contributed by atoms with Crippen molar-refractivity contribution in [3.63, 3.8) is 0 Å². The zero-order chi connectivity index (χ0) is 15.1. The molecule has 2 rings (SSSR count). The van der Waals surface area contributed by atoms with Crippen molar-refractivity contribution >= 4 is 5.91 Å². The largest absolute Gasteiger partial charge is 0.372 e. The van der Waals surface area contributed by atoms with Crippen LogP contribution in [0.2, 0.25) is 0 Å². The summed E-state index contributed by atoms with van der Waals surface area (Å²) in [5, 5.41) is 2.83. The summed E-state index contributed by atoms with van der Waals surface area (Å²) >= 11 is 0. The van der Waals surface area contributed by atoms with E-state index in [-0.39, 0.29) is 12.5 Å². The van der Waals surface area contributed by atoms with Gasteiger partial charge < -0.3 is 10.1 Å². The molecule has 0 aliphatic heterocycles. The molecule has 0 aliphatic rings. The van der Waals surface area contributed by atoms with Crippen LogP contribution in [0.25, 0.3) is 5.82 Å². The Kier molecular flexibility index (Phi) is 5.45. The molecule has 0 aliphatic carbocycles. The summed E-state index contributed by atoms with van der Waals surface area (Å²) < 4.78 is 7.09. The Morgan fingerprint density at radius 3 is 2.95 bits per heavy atom. The molecule has 0 aromatic carbocycles. The van der Waals surface area contributed by atoms with E-state index in [0.717, 1.165) is 23.6 Å². The van der Waals surface area contributed by atoms with Crippen molar-refractivity contribution in [3.05, 3.63) is 42.1 Å². The molecular formula is C15H20N4O2. The molecule has 2 heterocycles. The van der Waals surface area contributed by atoms with Gasteiger partial charge in [-0.1, -0.05) is 6.92 Å². The van der Waals surface area contributed by atoms with Crippen LogP contribution in [-0.2, 0) is 16.1 Å². The maximum absolute atomic E-state index is 11.6. The molecule has 0 fully saturated rings. The summed E-state index contributed by atoms with van der Waals surface area (Å²) in [4.78, 5) is 20.1. The molecule has 2 aromatic rings. The second kappa shape index (κ2) is 7.54. The van der Waals surface area contributed by atoms with Crippen molar-refractivity contribution in [2.75, 3.05) is 13.2 Å². The Hall–Kier alpha value is -2.21. The second-order valence-electron chi connectivity index (χ2n) is 4.70. The van der Waals surface area contributed by atoms with Crippen LogP contribution in [0.1, 0.15) is 24.7 Å². The highest BCUT2D eigenvalue weighted by Gasteiger charge is 2.05. The lowest BCUT2D eigenvalue weighted by molar-refractivity contribution is -0.125. The van der Waals surface area contributed by atoms with Gasteiger partial charge in [-0.3, -0.25) is 9.36 Å². The molecule has 0 atom stereocenters. The van der Waals surface area contributed by atoms with E-state index in [1.165, 1.54) is 0 Å². The third-order valence-electron chi connectivity index (χ3n) is 2.95. The van der Waals surface area contributed by atoms with Gasteiger partial charge in [0.05, 0.1) is 0 Å². The number of ether oxygens (including phenoxy) is 1. The average Bonchev–Trinajstić information content (AvgIpc) is 2.92. The molecule has 6 heteroatoms. The molecular weight excluding hydrogens is 268 g/mol. The lowest BCUT2D eigenvalue weighted by Gasteiger charge is -2.08. The van der Waals surface area contributed by atoms with E-state index in [1.807, 2.05) is 36.7 Å². The molecule has 112 valence electrons. The first-order valence-corrected chi connectivity index (χ1v) is 7.00. The number of imidazole rings is 1. The molecule has 21 heavy (non-hydrogen) atoms. The Labute approximate surface area is 124 Å². The van der Waals surface area contributed by atoms with E-state index < -0.39 is 0 Å². The van der Waals surface area contributed by atoms with Gasteiger partial charge in [-0.15, -0.1) is 0 Å². The zero-order valence-corrected chi connectivity index (χ0v) is 12.4. The van der Waals surface area contributed by atoms with E-state index in [9.17, 15) is 4.79 Å². The van der Waals surface area contributed by atoms with Crippen LogP contribution in [0.3, 0.4) is 0 Å². The first-order valence-electron chi connectivity index (χ1n) is 7.00. The number of carbonyl (C=O) groups is 1. The van der Waals surface area contributed by atoms with Crippen LogP contribution in [0.5, 0.6) is 0 Å². The van der Waals surface area contributed by atoms with E-state index in [2.05, 4.69) is 15.3 Å². The third kappa shape index (κ3) is 4.39. The molecule has 1 N–H and O–H groups in total. The Morgan fingerprint density at radius 2 is 2.24 bits per heavy atom. The van der Waals surface area contributed by atoms with E-state index in [4.69, 9.17) is 4.74 Å². The summed E-state index contributed by atoms with van der Waals surface area (Å²) in [5.41, 5.74) is 0.983. The van der Waals surface area contributed by atoms with Gasteiger partial charge in [0.2, 0.25) is 5.91 Å².